The Balaban J connectivity index is 1.64. The number of halogens is 2. The van der Waals surface area contributed by atoms with Crippen LogP contribution in [0.5, 0.6) is 11.5 Å². The van der Waals surface area contributed by atoms with E-state index in [1.165, 1.54) is 6.08 Å². The third kappa shape index (κ3) is 3.83. The van der Waals surface area contributed by atoms with E-state index in [-0.39, 0.29) is 12.7 Å². The predicted molar refractivity (Wildman–Crippen MR) is 94.5 cm³/mol. The van der Waals surface area contributed by atoms with Crippen molar-refractivity contribution in [1.82, 2.24) is 4.90 Å². The van der Waals surface area contributed by atoms with E-state index in [0.29, 0.717) is 22.3 Å². The highest BCUT2D eigenvalue weighted by Gasteiger charge is 2.12. The molecule has 0 saturated carbocycles. The van der Waals surface area contributed by atoms with Crippen molar-refractivity contribution in [3.8, 4) is 11.5 Å². The van der Waals surface area contributed by atoms with Gasteiger partial charge in [0.1, 0.15) is 0 Å². The first-order valence-electron chi connectivity index (χ1n) is 7.30. The molecule has 0 aliphatic carbocycles. The molecule has 124 valence electrons. The van der Waals surface area contributed by atoms with Crippen LogP contribution in [0.4, 0.5) is 0 Å². The Bertz CT molecular complexity index is 805. The van der Waals surface area contributed by atoms with E-state index in [4.69, 9.17) is 32.7 Å². The minimum absolute atomic E-state index is 0.112. The van der Waals surface area contributed by atoms with Gasteiger partial charge in [0, 0.05) is 19.7 Å². The van der Waals surface area contributed by atoms with E-state index < -0.39 is 0 Å². The number of amides is 1. The summed E-state index contributed by atoms with van der Waals surface area (Å²) in [5.74, 6) is 1.29. The monoisotopic (exact) mass is 363 g/mol. The highest BCUT2D eigenvalue weighted by atomic mass is 35.5. The number of hydrogen-bond donors (Lipinski definition) is 0. The predicted octanol–water partition coefficient (Wildman–Crippen LogP) is 4.39. The first kappa shape index (κ1) is 16.7. The van der Waals surface area contributed by atoms with Crippen molar-refractivity contribution in [2.24, 2.45) is 0 Å². The van der Waals surface area contributed by atoms with Crippen LogP contribution >= 0.6 is 23.2 Å². The van der Waals surface area contributed by atoms with E-state index in [1.54, 1.807) is 30.2 Å². The van der Waals surface area contributed by atoms with Crippen molar-refractivity contribution >= 4 is 35.2 Å². The van der Waals surface area contributed by atoms with E-state index in [9.17, 15) is 4.79 Å². The summed E-state index contributed by atoms with van der Waals surface area (Å²) in [7, 11) is 1.73. The average molecular weight is 364 g/mol. The highest BCUT2D eigenvalue weighted by Crippen LogP contribution is 2.32. The fraction of sp³-hybridized carbons (Fsp3) is 0.167. The lowest BCUT2D eigenvalue weighted by atomic mass is 10.2. The van der Waals surface area contributed by atoms with Gasteiger partial charge in [0.2, 0.25) is 12.7 Å². The van der Waals surface area contributed by atoms with Gasteiger partial charge in [-0.05, 0) is 41.5 Å². The highest BCUT2D eigenvalue weighted by molar-refractivity contribution is 6.42. The Kier molecular flexibility index (Phi) is 4.97. The normalized spacial score (nSPS) is 12.6. The van der Waals surface area contributed by atoms with Crippen LogP contribution < -0.4 is 9.47 Å². The minimum atomic E-state index is -0.112. The molecule has 0 N–H and O–H groups in total. The van der Waals surface area contributed by atoms with E-state index in [2.05, 4.69) is 0 Å². The molecule has 3 rings (SSSR count). The van der Waals surface area contributed by atoms with Crippen molar-refractivity contribution in [2.75, 3.05) is 13.8 Å². The molecule has 24 heavy (non-hydrogen) atoms. The molecule has 0 unspecified atom stereocenters. The lowest BCUT2D eigenvalue weighted by Crippen LogP contribution is -2.24. The smallest absolute Gasteiger partial charge is 0.246 e. The number of hydrogen-bond acceptors (Lipinski definition) is 3. The second-order valence-electron chi connectivity index (χ2n) is 5.39. The second-order valence-corrected chi connectivity index (χ2v) is 6.20. The van der Waals surface area contributed by atoms with E-state index in [0.717, 1.165) is 16.9 Å². The zero-order chi connectivity index (χ0) is 17.1. The number of fused-ring (bicyclic) bond motifs is 1. The summed E-state index contributed by atoms with van der Waals surface area (Å²) in [5, 5.41) is 0.975. The Morgan fingerprint density at radius 1 is 1.12 bits per heavy atom. The van der Waals surface area contributed by atoms with Crippen LogP contribution in [0.2, 0.25) is 10.0 Å². The summed E-state index contributed by atoms with van der Waals surface area (Å²) >= 11 is 11.9. The minimum Gasteiger partial charge on any atom is -0.454 e. The average Bonchev–Trinajstić information content (AvgIpc) is 3.03. The largest absolute Gasteiger partial charge is 0.454 e. The Morgan fingerprint density at radius 2 is 1.92 bits per heavy atom. The molecule has 0 aromatic heterocycles. The van der Waals surface area contributed by atoms with Gasteiger partial charge in [0.25, 0.3) is 0 Å². The summed E-state index contributed by atoms with van der Waals surface area (Å²) in [6.45, 7) is 0.676. The topological polar surface area (TPSA) is 38.8 Å². The van der Waals surface area contributed by atoms with Crippen LogP contribution in [0, 0.1) is 0 Å². The van der Waals surface area contributed by atoms with Crippen LogP contribution in [0.15, 0.2) is 42.5 Å². The third-order valence-corrected chi connectivity index (χ3v) is 4.33. The Morgan fingerprint density at radius 3 is 2.71 bits per heavy atom. The van der Waals surface area contributed by atoms with Gasteiger partial charge in [-0.2, -0.15) is 0 Å². The van der Waals surface area contributed by atoms with Gasteiger partial charge in [-0.25, -0.2) is 0 Å². The second kappa shape index (κ2) is 7.16. The SMILES string of the molecule is CN(Cc1ccc(Cl)c(Cl)c1)C(=O)/C=C/c1ccc2c(c1)OCO2. The first-order chi connectivity index (χ1) is 11.5. The summed E-state index contributed by atoms with van der Waals surface area (Å²) < 4.78 is 10.6. The van der Waals surface area contributed by atoms with Gasteiger partial charge < -0.3 is 14.4 Å². The third-order valence-electron chi connectivity index (χ3n) is 3.59. The molecule has 0 bridgehead atoms. The zero-order valence-corrected chi connectivity index (χ0v) is 14.5. The summed E-state index contributed by atoms with van der Waals surface area (Å²) in [5.41, 5.74) is 1.78. The van der Waals surface area contributed by atoms with Gasteiger partial charge in [0.05, 0.1) is 10.0 Å². The molecular formula is C18H15Cl2NO3. The molecule has 1 aliphatic rings. The number of nitrogens with zero attached hydrogens (tertiary/aromatic N) is 1. The number of likely N-dealkylation sites (N-methyl/N-ethyl adjacent to an activating group) is 1. The molecule has 2 aromatic rings. The number of benzene rings is 2. The van der Waals surface area contributed by atoms with E-state index >= 15 is 0 Å². The standard InChI is InChI=1S/C18H15Cl2NO3/c1-21(10-13-2-5-14(19)15(20)8-13)18(22)7-4-12-3-6-16-17(9-12)24-11-23-16/h2-9H,10-11H2,1H3/b7-4+. The lowest BCUT2D eigenvalue weighted by Gasteiger charge is -2.15. The summed E-state index contributed by atoms with van der Waals surface area (Å²) in [4.78, 5) is 13.8. The maximum atomic E-state index is 12.2. The van der Waals surface area contributed by atoms with Crippen LogP contribution in [0.3, 0.4) is 0 Å². The van der Waals surface area contributed by atoms with Crippen molar-refractivity contribution in [3.63, 3.8) is 0 Å². The van der Waals surface area contributed by atoms with Crippen LogP contribution in [-0.2, 0) is 11.3 Å². The van der Waals surface area contributed by atoms with Gasteiger partial charge in [-0.15, -0.1) is 0 Å². The number of ether oxygens (including phenoxy) is 2. The quantitative estimate of drug-likeness (QED) is 0.756. The number of carbonyl (C=O) groups excluding carboxylic acids is 1. The molecule has 0 atom stereocenters. The number of rotatable bonds is 4. The van der Waals surface area contributed by atoms with Gasteiger partial charge in [-0.3, -0.25) is 4.79 Å². The molecule has 0 saturated heterocycles. The fourth-order valence-corrected chi connectivity index (χ4v) is 2.62. The lowest BCUT2D eigenvalue weighted by molar-refractivity contribution is -0.125. The van der Waals surface area contributed by atoms with Crippen molar-refractivity contribution in [3.05, 3.63) is 63.6 Å². The molecule has 0 spiro atoms. The molecule has 6 heteroatoms. The molecule has 0 fully saturated rings. The molecule has 4 nitrogen and oxygen atoms in total. The zero-order valence-electron chi connectivity index (χ0n) is 13.0. The van der Waals surface area contributed by atoms with Crippen LogP contribution in [0.25, 0.3) is 6.08 Å². The van der Waals surface area contributed by atoms with Crippen LogP contribution in [-0.4, -0.2) is 24.6 Å². The van der Waals surface area contributed by atoms with Crippen LogP contribution in [0.1, 0.15) is 11.1 Å². The van der Waals surface area contributed by atoms with Crippen molar-refractivity contribution in [2.45, 2.75) is 6.54 Å². The molecule has 1 heterocycles. The molecule has 0 radical (unpaired) electrons. The van der Waals surface area contributed by atoms with E-state index in [1.807, 2.05) is 24.3 Å². The summed E-state index contributed by atoms with van der Waals surface area (Å²) in [6, 6.07) is 10.9. The first-order valence-corrected chi connectivity index (χ1v) is 8.05. The maximum absolute atomic E-state index is 12.2. The molecular weight excluding hydrogens is 349 g/mol. The fourth-order valence-electron chi connectivity index (χ4n) is 2.30. The van der Waals surface area contributed by atoms with Gasteiger partial charge in [0.15, 0.2) is 11.5 Å². The molecule has 1 amide bonds. The summed E-state index contributed by atoms with van der Waals surface area (Å²) in [6.07, 6.45) is 3.27. The van der Waals surface area contributed by atoms with Gasteiger partial charge >= 0.3 is 0 Å². The van der Waals surface area contributed by atoms with Crippen molar-refractivity contribution < 1.29 is 14.3 Å². The number of carbonyl (C=O) groups is 1. The maximum Gasteiger partial charge on any atom is 0.246 e. The molecule has 2 aromatic carbocycles. The molecule has 1 aliphatic heterocycles. The Hall–Kier alpha value is -2.17. The van der Waals surface area contributed by atoms with Crippen molar-refractivity contribution in [1.29, 1.82) is 0 Å². The van der Waals surface area contributed by atoms with Gasteiger partial charge in [-0.1, -0.05) is 35.3 Å². The Labute approximate surface area is 150 Å².